The zero-order chi connectivity index (χ0) is 22.0. The molecule has 1 unspecified atom stereocenters. The molecule has 162 valence electrons. The van der Waals surface area contributed by atoms with Crippen molar-refractivity contribution in [2.75, 3.05) is 18.9 Å². The predicted octanol–water partition coefficient (Wildman–Crippen LogP) is 2.04. The number of benzene rings is 1. The van der Waals surface area contributed by atoms with Gasteiger partial charge in [-0.15, -0.1) is 0 Å². The number of hydrogen-bond acceptors (Lipinski definition) is 9. The summed E-state index contributed by atoms with van der Waals surface area (Å²) < 4.78 is 17.8. The number of carbonyl (C=O) groups excluding carboxylic acids is 2. The molecule has 0 aliphatic heterocycles. The SMILES string of the molecule is CCOC(=O)C1(C(=O)OCC)CC1n1cnc2c(OCc3ccccc3)nc(N)nc21. The van der Waals surface area contributed by atoms with Crippen molar-refractivity contribution in [3.8, 4) is 5.88 Å². The van der Waals surface area contributed by atoms with Crippen LogP contribution in [0.2, 0.25) is 0 Å². The van der Waals surface area contributed by atoms with Crippen molar-refractivity contribution in [2.45, 2.75) is 32.9 Å². The van der Waals surface area contributed by atoms with E-state index in [4.69, 9.17) is 19.9 Å². The van der Waals surface area contributed by atoms with E-state index >= 15 is 0 Å². The predicted molar refractivity (Wildman–Crippen MR) is 110 cm³/mol. The van der Waals surface area contributed by atoms with Gasteiger partial charge in [-0.3, -0.25) is 9.59 Å². The van der Waals surface area contributed by atoms with Crippen LogP contribution in [0.3, 0.4) is 0 Å². The summed E-state index contributed by atoms with van der Waals surface area (Å²) in [4.78, 5) is 38.1. The first-order chi connectivity index (χ1) is 15.0. The summed E-state index contributed by atoms with van der Waals surface area (Å²) in [7, 11) is 0. The van der Waals surface area contributed by atoms with Crippen molar-refractivity contribution in [2.24, 2.45) is 5.41 Å². The number of aromatic nitrogens is 4. The average molecular weight is 425 g/mol. The second-order valence-corrected chi connectivity index (χ2v) is 7.12. The number of nitrogen functional groups attached to an aromatic ring is 1. The molecule has 0 spiro atoms. The fourth-order valence-corrected chi connectivity index (χ4v) is 3.58. The van der Waals surface area contributed by atoms with Gasteiger partial charge in [-0.05, 0) is 25.8 Å². The van der Waals surface area contributed by atoms with Gasteiger partial charge in [0.2, 0.25) is 11.8 Å². The third-order valence-corrected chi connectivity index (χ3v) is 5.16. The van der Waals surface area contributed by atoms with E-state index in [9.17, 15) is 9.59 Å². The van der Waals surface area contributed by atoms with Gasteiger partial charge in [0.1, 0.15) is 6.61 Å². The Morgan fingerprint density at radius 3 is 2.45 bits per heavy atom. The molecule has 0 amide bonds. The normalized spacial score (nSPS) is 16.6. The first-order valence-electron chi connectivity index (χ1n) is 10.0. The van der Waals surface area contributed by atoms with Crippen molar-refractivity contribution < 1.29 is 23.8 Å². The average Bonchev–Trinajstić information content (AvgIpc) is 3.39. The lowest BCUT2D eigenvalue weighted by atomic mass is 10.1. The number of nitrogens with zero attached hydrogens (tertiary/aromatic N) is 4. The zero-order valence-corrected chi connectivity index (χ0v) is 17.3. The Bertz CT molecular complexity index is 1100. The molecule has 1 atom stereocenters. The number of esters is 2. The molecule has 10 heteroatoms. The Labute approximate surface area is 178 Å². The Hall–Kier alpha value is -3.69. The van der Waals surface area contributed by atoms with Crippen LogP contribution in [-0.2, 0) is 25.7 Å². The number of anilines is 1. The third kappa shape index (κ3) is 3.65. The van der Waals surface area contributed by atoms with Gasteiger partial charge in [0.05, 0.1) is 25.6 Å². The number of ether oxygens (including phenoxy) is 3. The minimum Gasteiger partial charge on any atom is -0.471 e. The maximum absolute atomic E-state index is 12.6. The monoisotopic (exact) mass is 425 g/mol. The fourth-order valence-electron chi connectivity index (χ4n) is 3.58. The Morgan fingerprint density at radius 1 is 1.13 bits per heavy atom. The Balaban J connectivity index is 1.67. The van der Waals surface area contributed by atoms with Crippen LogP contribution in [0.1, 0.15) is 31.9 Å². The molecule has 4 rings (SSSR count). The molecule has 0 saturated heterocycles. The van der Waals surface area contributed by atoms with Crippen molar-refractivity contribution in [3.05, 3.63) is 42.2 Å². The van der Waals surface area contributed by atoms with Gasteiger partial charge in [0.15, 0.2) is 16.6 Å². The van der Waals surface area contributed by atoms with E-state index in [1.165, 1.54) is 6.33 Å². The van der Waals surface area contributed by atoms with E-state index in [0.717, 1.165) is 5.56 Å². The van der Waals surface area contributed by atoms with Gasteiger partial charge < -0.3 is 24.5 Å². The second kappa shape index (κ2) is 8.21. The first kappa shape index (κ1) is 20.6. The summed E-state index contributed by atoms with van der Waals surface area (Å²) >= 11 is 0. The number of carbonyl (C=O) groups is 2. The van der Waals surface area contributed by atoms with Crippen molar-refractivity contribution in [1.82, 2.24) is 19.5 Å². The molecule has 0 radical (unpaired) electrons. The summed E-state index contributed by atoms with van der Waals surface area (Å²) in [5.41, 5.74) is 6.19. The van der Waals surface area contributed by atoms with Gasteiger partial charge in [0.25, 0.3) is 0 Å². The highest BCUT2D eigenvalue weighted by atomic mass is 16.6. The topological polar surface area (TPSA) is 131 Å². The first-order valence-corrected chi connectivity index (χ1v) is 10.0. The third-order valence-electron chi connectivity index (χ3n) is 5.16. The summed E-state index contributed by atoms with van der Waals surface area (Å²) in [6.07, 6.45) is 1.72. The van der Waals surface area contributed by atoms with Gasteiger partial charge in [-0.1, -0.05) is 30.3 Å². The van der Waals surface area contributed by atoms with E-state index < -0.39 is 23.4 Å². The van der Waals surface area contributed by atoms with E-state index in [1.807, 2.05) is 30.3 Å². The van der Waals surface area contributed by atoms with E-state index in [2.05, 4.69) is 15.0 Å². The minimum absolute atomic E-state index is 0.00386. The minimum atomic E-state index is -1.43. The lowest BCUT2D eigenvalue weighted by Gasteiger charge is -2.15. The largest absolute Gasteiger partial charge is 0.471 e. The molecule has 31 heavy (non-hydrogen) atoms. The fraction of sp³-hybridized carbons (Fsp3) is 0.381. The van der Waals surface area contributed by atoms with Gasteiger partial charge in [-0.25, -0.2) is 4.98 Å². The van der Waals surface area contributed by atoms with Crippen LogP contribution in [0, 0.1) is 5.41 Å². The van der Waals surface area contributed by atoms with Crippen molar-refractivity contribution in [1.29, 1.82) is 0 Å². The number of hydrogen-bond donors (Lipinski definition) is 1. The van der Waals surface area contributed by atoms with Gasteiger partial charge >= 0.3 is 11.9 Å². The summed E-state index contributed by atoms with van der Waals surface area (Å²) in [6, 6.07) is 9.05. The molecule has 10 nitrogen and oxygen atoms in total. The highest BCUT2D eigenvalue weighted by molar-refractivity contribution is 6.04. The molecule has 1 fully saturated rings. The van der Waals surface area contributed by atoms with Crippen LogP contribution in [0.4, 0.5) is 5.95 Å². The van der Waals surface area contributed by atoms with Crippen LogP contribution in [0.5, 0.6) is 5.88 Å². The highest BCUT2D eigenvalue weighted by Crippen LogP contribution is 2.58. The molecule has 1 aromatic carbocycles. The molecule has 3 aromatic rings. The smallest absolute Gasteiger partial charge is 0.325 e. The van der Waals surface area contributed by atoms with Gasteiger partial charge in [0, 0.05) is 0 Å². The molecule has 2 N–H and O–H groups in total. The van der Waals surface area contributed by atoms with Crippen LogP contribution in [0.15, 0.2) is 36.7 Å². The van der Waals surface area contributed by atoms with E-state index in [0.29, 0.717) is 11.2 Å². The van der Waals surface area contributed by atoms with Crippen molar-refractivity contribution in [3.63, 3.8) is 0 Å². The van der Waals surface area contributed by atoms with Crippen molar-refractivity contribution >= 4 is 29.1 Å². The van der Waals surface area contributed by atoms with E-state index in [-0.39, 0.29) is 38.1 Å². The maximum Gasteiger partial charge on any atom is 0.325 e. The highest BCUT2D eigenvalue weighted by Gasteiger charge is 2.69. The summed E-state index contributed by atoms with van der Waals surface area (Å²) in [5.74, 6) is -1.02. The van der Waals surface area contributed by atoms with Crippen LogP contribution >= 0.6 is 0 Å². The molecule has 2 aromatic heterocycles. The molecule has 1 aliphatic rings. The van der Waals surface area contributed by atoms with Gasteiger partial charge in [-0.2, -0.15) is 9.97 Å². The standard InChI is InChI=1S/C21H23N5O5/c1-3-29-18(27)21(19(28)30-4-2)10-14(21)26-12-23-15-16(26)24-20(22)25-17(15)31-11-13-8-6-5-7-9-13/h5-9,12,14H,3-4,10-11H2,1-2H3,(H2,22,24,25). The van der Waals surface area contributed by atoms with Crippen LogP contribution in [-0.4, -0.2) is 44.7 Å². The van der Waals surface area contributed by atoms with Crippen LogP contribution in [0.25, 0.3) is 11.2 Å². The lowest BCUT2D eigenvalue weighted by Crippen LogP contribution is -2.32. The molecular formula is C21H23N5O5. The lowest BCUT2D eigenvalue weighted by molar-refractivity contribution is -0.164. The number of fused-ring (bicyclic) bond motifs is 1. The molecule has 1 aliphatic carbocycles. The van der Waals surface area contributed by atoms with E-state index in [1.54, 1.807) is 18.4 Å². The quantitative estimate of drug-likeness (QED) is 0.425. The van der Waals surface area contributed by atoms with Crippen LogP contribution < -0.4 is 10.5 Å². The summed E-state index contributed by atoms with van der Waals surface area (Å²) in [5, 5.41) is 0. The number of rotatable bonds is 8. The Kier molecular flexibility index (Phi) is 5.45. The molecular weight excluding hydrogens is 402 g/mol. The Morgan fingerprint density at radius 2 is 1.81 bits per heavy atom. The molecule has 2 heterocycles. The second-order valence-electron chi connectivity index (χ2n) is 7.12. The maximum atomic E-state index is 12.6. The number of imidazole rings is 1. The molecule has 0 bridgehead atoms. The zero-order valence-electron chi connectivity index (χ0n) is 17.3. The molecule has 1 saturated carbocycles. The summed E-state index contributed by atoms with van der Waals surface area (Å²) in [6.45, 7) is 3.96. The number of nitrogens with two attached hydrogens (primary N) is 1.